The Labute approximate surface area is 85.4 Å². The van der Waals surface area contributed by atoms with Crippen LogP contribution in [0.3, 0.4) is 0 Å². The summed E-state index contributed by atoms with van der Waals surface area (Å²) in [6.45, 7) is 6.04. The average molecular weight is 191 g/mol. The van der Waals surface area contributed by atoms with Gasteiger partial charge in [-0.05, 0) is 24.5 Å². The van der Waals surface area contributed by atoms with Gasteiger partial charge in [-0.3, -0.25) is 9.78 Å². The van der Waals surface area contributed by atoms with Crippen LogP contribution in [0.5, 0.6) is 0 Å². The molecular formula is C12H17NO. The predicted octanol–water partition coefficient (Wildman–Crippen LogP) is 2.87. The van der Waals surface area contributed by atoms with Crippen molar-refractivity contribution in [2.24, 2.45) is 5.92 Å². The zero-order valence-corrected chi connectivity index (χ0v) is 9.08. The minimum absolute atomic E-state index is 0.0787. The van der Waals surface area contributed by atoms with E-state index < -0.39 is 0 Å². The molecule has 1 unspecified atom stereocenters. The highest BCUT2D eigenvalue weighted by Crippen LogP contribution is 2.10. The van der Waals surface area contributed by atoms with Crippen LogP contribution in [0.25, 0.3) is 0 Å². The number of aromatic nitrogens is 1. The highest BCUT2D eigenvalue weighted by molar-refractivity contribution is 5.95. The van der Waals surface area contributed by atoms with Gasteiger partial charge in [0.15, 0.2) is 5.78 Å². The van der Waals surface area contributed by atoms with Crippen LogP contribution in [0, 0.1) is 5.92 Å². The number of nitrogens with zero attached hydrogens (tertiary/aromatic N) is 1. The summed E-state index contributed by atoms with van der Waals surface area (Å²) in [6, 6.07) is 3.80. The third-order valence-electron chi connectivity index (χ3n) is 2.55. The van der Waals surface area contributed by atoms with E-state index in [1.165, 1.54) is 5.56 Å². The molecule has 14 heavy (non-hydrogen) atoms. The summed E-state index contributed by atoms with van der Waals surface area (Å²) >= 11 is 0. The molecule has 2 heteroatoms. The zero-order chi connectivity index (χ0) is 10.6. The lowest BCUT2D eigenvalue weighted by molar-refractivity contribution is 0.0922. The van der Waals surface area contributed by atoms with Crippen LogP contribution in [0.1, 0.15) is 43.2 Å². The second-order valence-corrected chi connectivity index (χ2v) is 3.58. The molecule has 0 aromatic carbocycles. The number of carbonyl (C=O) groups is 1. The molecule has 0 fully saturated rings. The summed E-state index contributed by atoms with van der Waals surface area (Å²) in [5.74, 6) is 0.227. The van der Waals surface area contributed by atoms with Gasteiger partial charge in [0, 0.05) is 12.1 Å². The Morgan fingerprint density at radius 3 is 2.57 bits per heavy atom. The number of rotatable bonds is 4. The van der Waals surface area contributed by atoms with Gasteiger partial charge in [0.25, 0.3) is 0 Å². The lowest BCUT2D eigenvalue weighted by atomic mass is 10.0. The van der Waals surface area contributed by atoms with Gasteiger partial charge in [0.2, 0.25) is 0 Å². The minimum atomic E-state index is 0.0787. The lowest BCUT2D eigenvalue weighted by Crippen LogP contribution is -2.11. The van der Waals surface area contributed by atoms with Crippen molar-refractivity contribution in [3.05, 3.63) is 29.6 Å². The maximum atomic E-state index is 11.7. The Morgan fingerprint density at radius 1 is 1.43 bits per heavy atom. The first kappa shape index (κ1) is 10.9. The van der Waals surface area contributed by atoms with Crippen molar-refractivity contribution in [3.63, 3.8) is 0 Å². The molecule has 0 saturated carbocycles. The van der Waals surface area contributed by atoms with Crippen molar-refractivity contribution in [1.82, 2.24) is 4.98 Å². The van der Waals surface area contributed by atoms with Gasteiger partial charge in [-0.25, -0.2) is 0 Å². The average Bonchev–Trinajstić information content (AvgIpc) is 2.27. The molecule has 0 amide bonds. The van der Waals surface area contributed by atoms with E-state index >= 15 is 0 Å². The number of hydrogen-bond acceptors (Lipinski definition) is 2. The Hall–Kier alpha value is -1.18. The number of aryl methyl sites for hydroxylation is 1. The molecule has 1 heterocycles. The molecule has 0 bridgehead atoms. The number of hydrogen-bond donors (Lipinski definition) is 0. The monoisotopic (exact) mass is 191 g/mol. The van der Waals surface area contributed by atoms with Crippen LogP contribution in [0.4, 0.5) is 0 Å². The van der Waals surface area contributed by atoms with E-state index in [0.717, 1.165) is 12.8 Å². The summed E-state index contributed by atoms with van der Waals surface area (Å²) in [6.07, 6.45) is 3.62. The number of carbonyl (C=O) groups excluding carboxylic acids is 1. The van der Waals surface area contributed by atoms with Crippen LogP contribution < -0.4 is 0 Å². The van der Waals surface area contributed by atoms with Crippen LogP contribution in [-0.4, -0.2) is 10.8 Å². The van der Waals surface area contributed by atoms with Gasteiger partial charge in [0.05, 0.1) is 0 Å². The molecule has 1 atom stereocenters. The Bertz CT molecular complexity index is 303. The van der Waals surface area contributed by atoms with Crippen molar-refractivity contribution >= 4 is 5.78 Å². The predicted molar refractivity (Wildman–Crippen MR) is 57.4 cm³/mol. The normalized spacial score (nSPS) is 12.5. The van der Waals surface area contributed by atoms with Gasteiger partial charge in [-0.1, -0.05) is 26.8 Å². The van der Waals surface area contributed by atoms with Crippen LogP contribution >= 0.6 is 0 Å². The molecule has 0 N–H and O–H groups in total. The van der Waals surface area contributed by atoms with E-state index in [9.17, 15) is 4.79 Å². The topological polar surface area (TPSA) is 30.0 Å². The molecule has 2 nitrogen and oxygen atoms in total. The quantitative estimate of drug-likeness (QED) is 0.685. The minimum Gasteiger partial charge on any atom is -0.292 e. The second kappa shape index (κ2) is 4.89. The van der Waals surface area contributed by atoms with Crippen LogP contribution in [0.15, 0.2) is 18.3 Å². The van der Waals surface area contributed by atoms with Crippen molar-refractivity contribution in [3.8, 4) is 0 Å². The molecular weight excluding hydrogens is 174 g/mol. The maximum Gasteiger partial charge on any atom is 0.183 e. The number of pyridine rings is 1. The molecule has 0 aliphatic carbocycles. The number of Topliss-reactive ketones (excluding diaryl/α,β-unsaturated/α-hetero) is 1. The highest BCUT2D eigenvalue weighted by Gasteiger charge is 2.13. The van der Waals surface area contributed by atoms with E-state index in [4.69, 9.17) is 0 Å². The third kappa shape index (κ3) is 2.41. The first-order valence-electron chi connectivity index (χ1n) is 5.18. The summed E-state index contributed by atoms with van der Waals surface area (Å²) in [5.41, 5.74) is 1.77. The van der Waals surface area contributed by atoms with E-state index in [-0.39, 0.29) is 11.7 Å². The summed E-state index contributed by atoms with van der Waals surface area (Å²) in [4.78, 5) is 15.9. The van der Waals surface area contributed by atoms with Crippen molar-refractivity contribution in [2.75, 3.05) is 0 Å². The molecule has 1 aromatic rings. The fourth-order valence-electron chi connectivity index (χ4n) is 1.22. The Morgan fingerprint density at radius 2 is 2.14 bits per heavy atom. The van der Waals surface area contributed by atoms with E-state index in [1.807, 2.05) is 26.0 Å². The largest absolute Gasteiger partial charge is 0.292 e. The Balaban J connectivity index is 2.81. The SMILES string of the molecule is CCc1ccc(C(=O)C(C)CC)nc1. The molecule has 1 aromatic heterocycles. The third-order valence-corrected chi connectivity index (χ3v) is 2.55. The van der Waals surface area contributed by atoms with Gasteiger partial charge in [0.1, 0.15) is 5.69 Å². The molecule has 76 valence electrons. The smallest absolute Gasteiger partial charge is 0.183 e. The van der Waals surface area contributed by atoms with Crippen molar-refractivity contribution in [2.45, 2.75) is 33.6 Å². The lowest BCUT2D eigenvalue weighted by Gasteiger charge is -2.06. The fourth-order valence-corrected chi connectivity index (χ4v) is 1.22. The van der Waals surface area contributed by atoms with E-state index in [0.29, 0.717) is 5.69 Å². The summed E-state index contributed by atoms with van der Waals surface area (Å²) < 4.78 is 0. The fraction of sp³-hybridized carbons (Fsp3) is 0.500. The van der Waals surface area contributed by atoms with E-state index in [2.05, 4.69) is 11.9 Å². The standard InChI is InChI=1S/C12H17NO/c1-4-9(3)12(14)11-7-6-10(5-2)8-13-11/h6-9H,4-5H2,1-3H3. The molecule has 1 rings (SSSR count). The van der Waals surface area contributed by atoms with Crippen LogP contribution in [-0.2, 0) is 6.42 Å². The first-order valence-corrected chi connectivity index (χ1v) is 5.18. The molecule has 0 saturated heterocycles. The highest BCUT2D eigenvalue weighted by atomic mass is 16.1. The van der Waals surface area contributed by atoms with Crippen molar-refractivity contribution < 1.29 is 4.79 Å². The maximum absolute atomic E-state index is 11.7. The van der Waals surface area contributed by atoms with Crippen LogP contribution in [0.2, 0.25) is 0 Å². The molecule has 0 radical (unpaired) electrons. The molecule has 0 spiro atoms. The number of ketones is 1. The van der Waals surface area contributed by atoms with Gasteiger partial charge in [-0.2, -0.15) is 0 Å². The Kier molecular flexibility index (Phi) is 3.81. The van der Waals surface area contributed by atoms with Gasteiger partial charge < -0.3 is 0 Å². The molecule has 0 aliphatic rings. The summed E-state index contributed by atoms with van der Waals surface area (Å²) in [7, 11) is 0. The second-order valence-electron chi connectivity index (χ2n) is 3.58. The van der Waals surface area contributed by atoms with Crippen molar-refractivity contribution in [1.29, 1.82) is 0 Å². The molecule has 0 aliphatic heterocycles. The van der Waals surface area contributed by atoms with E-state index in [1.54, 1.807) is 6.20 Å². The van der Waals surface area contributed by atoms with Gasteiger partial charge >= 0.3 is 0 Å². The van der Waals surface area contributed by atoms with Gasteiger partial charge in [-0.15, -0.1) is 0 Å². The summed E-state index contributed by atoms with van der Waals surface area (Å²) in [5, 5.41) is 0. The zero-order valence-electron chi connectivity index (χ0n) is 9.08. The first-order chi connectivity index (χ1) is 6.69.